The lowest BCUT2D eigenvalue weighted by molar-refractivity contribution is -0.00534. The van der Waals surface area contributed by atoms with E-state index < -0.39 is 5.92 Å². The number of rotatable bonds is 5. The molecular formula is C15H16F2N2. The van der Waals surface area contributed by atoms with Crippen molar-refractivity contribution in [2.24, 2.45) is 0 Å². The lowest BCUT2D eigenvalue weighted by Gasteiger charge is -2.21. The van der Waals surface area contributed by atoms with Gasteiger partial charge in [-0.05, 0) is 24.6 Å². The Hall–Kier alpha value is -1.81. The summed E-state index contributed by atoms with van der Waals surface area (Å²) in [6.45, 7) is 1.47. The molecule has 1 atom stereocenters. The molecule has 1 aromatic heterocycles. The second-order valence-electron chi connectivity index (χ2n) is 4.45. The quantitative estimate of drug-likeness (QED) is 0.891. The fourth-order valence-corrected chi connectivity index (χ4v) is 1.84. The average molecular weight is 262 g/mol. The molecule has 2 nitrogen and oxygen atoms in total. The molecule has 0 aliphatic rings. The van der Waals surface area contributed by atoms with E-state index in [0.717, 1.165) is 5.56 Å². The smallest absolute Gasteiger partial charge is 0.285 e. The predicted molar refractivity (Wildman–Crippen MR) is 71.0 cm³/mol. The first kappa shape index (κ1) is 13.6. The first-order valence-corrected chi connectivity index (χ1v) is 6.16. The van der Waals surface area contributed by atoms with Crippen molar-refractivity contribution in [1.82, 2.24) is 10.3 Å². The third-order valence-corrected chi connectivity index (χ3v) is 3.03. The molecule has 0 saturated carbocycles. The molecule has 1 aromatic carbocycles. The second kappa shape index (κ2) is 5.89. The van der Waals surface area contributed by atoms with Crippen molar-refractivity contribution in [1.29, 1.82) is 0 Å². The molecule has 0 amide bonds. The maximum absolute atomic E-state index is 14.0. The van der Waals surface area contributed by atoms with Gasteiger partial charge in [-0.15, -0.1) is 0 Å². The molecule has 0 spiro atoms. The summed E-state index contributed by atoms with van der Waals surface area (Å²) < 4.78 is 27.9. The molecule has 0 bridgehead atoms. The van der Waals surface area contributed by atoms with Gasteiger partial charge in [0, 0.05) is 24.0 Å². The van der Waals surface area contributed by atoms with E-state index in [1.807, 2.05) is 19.1 Å². The minimum absolute atomic E-state index is 0.0319. The number of nitrogens with zero attached hydrogens (tertiary/aromatic N) is 1. The van der Waals surface area contributed by atoms with Crippen LogP contribution in [0.3, 0.4) is 0 Å². The Balaban J connectivity index is 1.99. The maximum Gasteiger partial charge on any atom is 0.285 e. The van der Waals surface area contributed by atoms with E-state index in [2.05, 4.69) is 10.3 Å². The van der Waals surface area contributed by atoms with Crippen LogP contribution in [0, 0.1) is 0 Å². The molecule has 4 heteroatoms. The number of alkyl halides is 2. The standard InChI is InChI=1S/C15H16F2N2/c1-12(13-7-9-18-10-8-13)19-11-15(16,17)14-5-3-2-4-6-14/h2-10,12,19H,11H2,1H3. The van der Waals surface area contributed by atoms with Crippen molar-refractivity contribution in [3.05, 3.63) is 66.0 Å². The van der Waals surface area contributed by atoms with Gasteiger partial charge in [0.2, 0.25) is 0 Å². The van der Waals surface area contributed by atoms with E-state index in [1.54, 1.807) is 30.6 Å². The van der Waals surface area contributed by atoms with Gasteiger partial charge in [0.25, 0.3) is 5.92 Å². The lowest BCUT2D eigenvalue weighted by atomic mass is 10.1. The van der Waals surface area contributed by atoms with Gasteiger partial charge in [-0.1, -0.05) is 30.3 Å². The van der Waals surface area contributed by atoms with Crippen LogP contribution in [0.4, 0.5) is 8.78 Å². The minimum atomic E-state index is -2.87. The molecule has 0 radical (unpaired) electrons. The van der Waals surface area contributed by atoms with Gasteiger partial charge in [0.15, 0.2) is 0 Å². The zero-order chi connectivity index (χ0) is 13.7. The van der Waals surface area contributed by atoms with Crippen molar-refractivity contribution >= 4 is 0 Å². The van der Waals surface area contributed by atoms with Crippen LogP contribution in [-0.4, -0.2) is 11.5 Å². The van der Waals surface area contributed by atoms with Crippen LogP contribution in [0.15, 0.2) is 54.9 Å². The fourth-order valence-electron chi connectivity index (χ4n) is 1.84. The summed E-state index contributed by atoms with van der Waals surface area (Å²) >= 11 is 0. The topological polar surface area (TPSA) is 24.9 Å². The number of pyridine rings is 1. The van der Waals surface area contributed by atoms with E-state index in [0.29, 0.717) is 0 Å². The first-order valence-electron chi connectivity index (χ1n) is 6.16. The third kappa shape index (κ3) is 3.58. The van der Waals surface area contributed by atoms with E-state index in [9.17, 15) is 8.78 Å². The van der Waals surface area contributed by atoms with Crippen molar-refractivity contribution in [2.45, 2.75) is 18.9 Å². The van der Waals surface area contributed by atoms with Crippen LogP contribution in [0.25, 0.3) is 0 Å². The Kier molecular flexibility index (Phi) is 4.22. The Morgan fingerprint density at radius 2 is 1.74 bits per heavy atom. The zero-order valence-corrected chi connectivity index (χ0v) is 10.7. The molecule has 1 heterocycles. The Morgan fingerprint density at radius 1 is 1.11 bits per heavy atom. The third-order valence-electron chi connectivity index (χ3n) is 3.03. The van der Waals surface area contributed by atoms with Gasteiger partial charge in [0.05, 0.1) is 6.54 Å². The van der Waals surface area contributed by atoms with Crippen LogP contribution in [0.2, 0.25) is 0 Å². The second-order valence-corrected chi connectivity index (χ2v) is 4.45. The Labute approximate surface area is 111 Å². The molecule has 1 unspecified atom stereocenters. The summed E-state index contributed by atoms with van der Waals surface area (Å²) in [5.74, 6) is -2.87. The molecule has 2 rings (SSSR count). The highest BCUT2D eigenvalue weighted by atomic mass is 19.3. The highest BCUT2D eigenvalue weighted by Crippen LogP contribution is 2.27. The Bertz CT molecular complexity index is 500. The molecule has 0 fully saturated rings. The van der Waals surface area contributed by atoms with Crippen LogP contribution >= 0.6 is 0 Å². The number of benzene rings is 1. The largest absolute Gasteiger partial charge is 0.304 e. The molecule has 0 aliphatic heterocycles. The fraction of sp³-hybridized carbons (Fsp3) is 0.267. The van der Waals surface area contributed by atoms with Crippen LogP contribution in [-0.2, 0) is 5.92 Å². The maximum atomic E-state index is 14.0. The number of nitrogens with one attached hydrogen (secondary N) is 1. The number of hydrogen-bond donors (Lipinski definition) is 1. The van der Waals surface area contributed by atoms with Gasteiger partial charge >= 0.3 is 0 Å². The highest BCUT2D eigenvalue weighted by Gasteiger charge is 2.31. The molecule has 100 valence electrons. The number of hydrogen-bond acceptors (Lipinski definition) is 2. The van der Waals surface area contributed by atoms with E-state index in [4.69, 9.17) is 0 Å². The van der Waals surface area contributed by atoms with Gasteiger partial charge < -0.3 is 5.32 Å². The first-order chi connectivity index (χ1) is 9.09. The molecule has 0 saturated heterocycles. The summed E-state index contributed by atoms with van der Waals surface area (Å²) in [6, 6.07) is 11.4. The predicted octanol–water partition coefficient (Wildman–Crippen LogP) is 3.52. The summed E-state index contributed by atoms with van der Waals surface area (Å²) in [7, 11) is 0. The summed E-state index contributed by atoms with van der Waals surface area (Å²) in [5.41, 5.74) is 0.975. The van der Waals surface area contributed by atoms with Crippen LogP contribution in [0.1, 0.15) is 24.1 Å². The van der Waals surface area contributed by atoms with E-state index in [1.165, 1.54) is 12.1 Å². The van der Waals surface area contributed by atoms with Crippen LogP contribution < -0.4 is 5.32 Å². The molecule has 2 aromatic rings. The summed E-state index contributed by atoms with van der Waals surface area (Å²) in [6.07, 6.45) is 3.31. The number of aromatic nitrogens is 1. The molecule has 0 aliphatic carbocycles. The normalized spacial score (nSPS) is 13.2. The highest BCUT2D eigenvalue weighted by molar-refractivity contribution is 5.21. The van der Waals surface area contributed by atoms with Gasteiger partial charge in [-0.25, -0.2) is 0 Å². The van der Waals surface area contributed by atoms with Crippen molar-refractivity contribution in [3.8, 4) is 0 Å². The van der Waals surface area contributed by atoms with Gasteiger partial charge in [0.1, 0.15) is 0 Å². The lowest BCUT2D eigenvalue weighted by Crippen LogP contribution is -2.32. The SMILES string of the molecule is CC(NCC(F)(F)c1ccccc1)c1ccncc1. The monoisotopic (exact) mass is 262 g/mol. The summed E-state index contributed by atoms with van der Waals surface area (Å²) in [4.78, 5) is 3.91. The molecule has 19 heavy (non-hydrogen) atoms. The van der Waals surface area contributed by atoms with Crippen LogP contribution in [0.5, 0.6) is 0 Å². The van der Waals surface area contributed by atoms with Crippen molar-refractivity contribution in [3.63, 3.8) is 0 Å². The van der Waals surface area contributed by atoms with E-state index in [-0.39, 0.29) is 18.2 Å². The number of halogens is 2. The Morgan fingerprint density at radius 3 is 2.37 bits per heavy atom. The van der Waals surface area contributed by atoms with Crippen molar-refractivity contribution in [2.75, 3.05) is 6.54 Å². The minimum Gasteiger partial charge on any atom is -0.304 e. The molecular weight excluding hydrogens is 246 g/mol. The molecule has 1 N–H and O–H groups in total. The van der Waals surface area contributed by atoms with Gasteiger partial charge in [-0.2, -0.15) is 8.78 Å². The summed E-state index contributed by atoms with van der Waals surface area (Å²) in [5, 5.41) is 2.86. The van der Waals surface area contributed by atoms with Gasteiger partial charge in [-0.3, -0.25) is 4.98 Å². The zero-order valence-electron chi connectivity index (χ0n) is 10.7. The van der Waals surface area contributed by atoms with E-state index >= 15 is 0 Å². The van der Waals surface area contributed by atoms with Crippen molar-refractivity contribution < 1.29 is 8.78 Å². The average Bonchev–Trinajstić information content (AvgIpc) is 2.47.